The van der Waals surface area contributed by atoms with E-state index in [0.29, 0.717) is 12.3 Å². The Balaban J connectivity index is 1.85. The smallest absolute Gasteiger partial charge is 0.287 e. The van der Waals surface area contributed by atoms with Crippen LogP contribution in [0.1, 0.15) is 23.1 Å². The lowest BCUT2D eigenvalue weighted by Gasteiger charge is -2.29. The van der Waals surface area contributed by atoms with Crippen LogP contribution in [0.25, 0.3) is 0 Å². The molecule has 4 rings (SSSR count). The summed E-state index contributed by atoms with van der Waals surface area (Å²) in [6.07, 6.45) is -0.360. The number of methoxy groups -OCH3 is 1. The number of nitrogen functional groups attached to an aromatic ring is 1. The van der Waals surface area contributed by atoms with E-state index >= 15 is 0 Å². The quantitative estimate of drug-likeness (QED) is 0.831. The highest BCUT2D eigenvalue weighted by atomic mass is 16.5. The van der Waals surface area contributed by atoms with Crippen LogP contribution in [0.5, 0.6) is 11.5 Å². The van der Waals surface area contributed by atoms with E-state index < -0.39 is 0 Å². The minimum absolute atomic E-state index is 0.0707. The molecule has 0 radical (unpaired) electrons. The Morgan fingerprint density at radius 1 is 1.13 bits per heavy atom. The molecule has 0 spiro atoms. The number of rotatable bonds is 2. The fourth-order valence-corrected chi connectivity index (χ4v) is 3.29. The molecule has 0 saturated heterocycles. The van der Waals surface area contributed by atoms with Crippen LogP contribution >= 0.6 is 0 Å². The normalized spacial score (nSPS) is 21.5. The summed E-state index contributed by atoms with van der Waals surface area (Å²) < 4.78 is 17.2. The molecule has 6 heteroatoms. The zero-order chi connectivity index (χ0) is 16.0. The number of nitrogens with two attached hydrogens (primary N) is 2. The third-order valence-electron chi connectivity index (χ3n) is 4.28. The van der Waals surface area contributed by atoms with Gasteiger partial charge in [0.15, 0.2) is 0 Å². The van der Waals surface area contributed by atoms with Gasteiger partial charge in [-0.1, -0.05) is 12.1 Å². The number of fused-ring (bicyclic) bond motifs is 2. The summed E-state index contributed by atoms with van der Waals surface area (Å²) in [6, 6.07) is 11.4. The molecule has 0 saturated carbocycles. The summed E-state index contributed by atoms with van der Waals surface area (Å²) in [4.78, 5) is 4.25. The van der Waals surface area contributed by atoms with Crippen molar-refractivity contribution in [3.63, 3.8) is 0 Å². The van der Waals surface area contributed by atoms with Crippen LogP contribution in [-0.2, 0) is 4.74 Å². The molecule has 2 aliphatic heterocycles. The van der Waals surface area contributed by atoms with Crippen molar-refractivity contribution in [1.82, 2.24) is 0 Å². The predicted octanol–water partition coefficient (Wildman–Crippen LogP) is 2.47. The molecule has 118 valence electrons. The highest BCUT2D eigenvalue weighted by Crippen LogP contribution is 2.51. The summed E-state index contributed by atoms with van der Waals surface area (Å²) in [5.74, 6) is 1.50. The molecule has 6 nitrogen and oxygen atoms in total. The van der Waals surface area contributed by atoms with Crippen molar-refractivity contribution in [2.75, 3.05) is 19.5 Å². The topological polar surface area (TPSA) is 92.1 Å². The molecule has 0 aliphatic carbocycles. The van der Waals surface area contributed by atoms with Crippen LogP contribution in [-0.4, -0.2) is 19.7 Å². The largest absolute Gasteiger partial charge is 0.496 e. The van der Waals surface area contributed by atoms with Gasteiger partial charge in [-0.05, 0) is 24.3 Å². The Hall–Kier alpha value is -2.89. The van der Waals surface area contributed by atoms with Gasteiger partial charge in [-0.15, -0.1) is 0 Å². The fraction of sp³-hybridized carbons (Fsp3) is 0.235. The lowest BCUT2D eigenvalue weighted by atomic mass is 9.88. The summed E-state index contributed by atoms with van der Waals surface area (Å²) in [5.41, 5.74) is 15.2. The molecule has 23 heavy (non-hydrogen) atoms. The average molecular weight is 311 g/mol. The SMILES string of the molecule is COc1cccc2c1C(C1OC(N)=Nc3cccc(N)c31)CO2. The molecule has 0 fully saturated rings. The minimum atomic E-state index is -0.360. The zero-order valence-electron chi connectivity index (χ0n) is 12.7. The first-order valence-electron chi connectivity index (χ1n) is 7.38. The molecule has 0 amide bonds. The summed E-state index contributed by atoms with van der Waals surface area (Å²) in [5, 5.41) is 0. The molecule has 2 aromatic carbocycles. The molecule has 0 bridgehead atoms. The Kier molecular flexibility index (Phi) is 3.04. The van der Waals surface area contributed by atoms with Crippen LogP contribution in [0, 0.1) is 0 Å². The summed E-state index contributed by atoms with van der Waals surface area (Å²) in [7, 11) is 1.64. The van der Waals surface area contributed by atoms with Crippen LogP contribution in [0.3, 0.4) is 0 Å². The van der Waals surface area contributed by atoms with Gasteiger partial charge < -0.3 is 25.7 Å². The predicted molar refractivity (Wildman–Crippen MR) is 87.2 cm³/mol. The Bertz CT molecular complexity index is 804. The molecule has 2 aliphatic rings. The van der Waals surface area contributed by atoms with Gasteiger partial charge in [0.1, 0.15) is 17.6 Å². The van der Waals surface area contributed by atoms with Crippen molar-refractivity contribution in [2.24, 2.45) is 10.7 Å². The number of amidine groups is 1. The number of anilines is 1. The van der Waals surface area contributed by atoms with E-state index in [1.54, 1.807) is 7.11 Å². The van der Waals surface area contributed by atoms with Crippen molar-refractivity contribution >= 4 is 17.4 Å². The van der Waals surface area contributed by atoms with Gasteiger partial charge in [-0.3, -0.25) is 0 Å². The first kappa shape index (κ1) is 13.8. The van der Waals surface area contributed by atoms with Gasteiger partial charge in [-0.2, -0.15) is 4.99 Å². The number of aliphatic imine (C=N–C) groups is 1. The van der Waals surface area contributed by atoms with E-state index in [0.717, 1.165) is 28.3 Å². The van der Waals surface area contributed by atoms with Crippen LogP contribution < -0.4 is 20.9 Å². The van der Waals surface area contributed by atoms with E-state index in [2.05, 4.69) is 4.99 Å². The second kappa shape index (κ2) is 5.08. The van der Waals surface area contributed by atoms with Gasteiger partial charge in [-0.25, -0.2) is 0 Å². The van der Waals surface area contributed by atoms with Gasteiger partial charge >= 0.3 is 0 Å². The molecule has 2 aromatic rings. The second-order valence-corrected chi connectivity index (χ2v) is 5.56. The number of hydrogen-bond acceptors (Lipinski definition) is 6. The van der Waals surface area contributed by atoms with Gasteiger partial charge in [0.25, 0.3) is 6.02 Å². The molecule has 0 aromatic heterocycles. The van der Waals surface area contributed by atoms with E-state index in [-0.39, 0.29) is 18.0 Å². The van der Waals surface area contributed by atoms with Crippen LogP contribution in [0.2, 0.25) is 0 Å². The minimum Gasteiger partial charge on any atom is -0.496 e. The lowest BCUT2D eigenvalue weighted by Crippen LogP contribution is -2.28. The van der Waals surface area contributed by atoms with E-state index in [1.807, 2.05) is 36.4 Å². The standard InChI is InChI=1S/C17H17N3O3/c1-21-12-6-3-7-13-14(12)9(8-22-13)16-15-10(18)4-2-5-11(15)20-17(19)23-16/h2-7,9,16H,8,18H2,1H3,(H2,19,20). The molecule has 2 unspecified atom stereocenters. The van der Waals surface area contributed by atoms with Crippen LogP contribution in [0.15, 0.2) is 41.4 Å². The number of nitrogens with zero attached hydrogens (tertiary/aromatic N) is 1. The first-order chi connectivity index (χ1) is 11.2. The fourth-order valence-electron chi connectivity index (χ4n) is 3.29. The lowest BCUT2D eigenvalue weighted by molar-refractivity contribution is 0.136. The molecule has 4 N–H and O–H groups in total. The maximum absolute atomic E-state index is 6.17. The molecular formula is C17H17N3O3. The summed E-state index contributed by atoms with van der Waals surface area (Å²) >= 11 is 0. The van der Waals surface area contributed by atoms with Crippen molar-refractivity contribution < 1.29 is 14.2 Å². The van der Waals surface area contributed by atoms with Crippen molar-refractivity contribution in [3.05, 3.63) is 47.5 Å². The number of hydrogen-bond donors (Lipinski definition) is 2. The second-order valence-electron chi connectivity index (χ2n) is 5.56. The maximum atomic E-state index is 6.17. The van der Waals surface area contributed by atoms with Crippen molar-refractivity contribution in [1.29, 1.82) is 0 Å². The van der Waals surface area contributed by atoms with E-state index in [9.17, 15) is 0 Å². The van der Waals surface area contributed by atoms with Gasteiger partial charge in [0.05, 0.1) is 25.3 Å². The number of benzene rings is 2. The summed E-state index contributed by atoms with van der Waals surface area (Å²) in [6.45, 7) is 0.474. The van der Waals surface area contributed by atoms with Gasteiger partial charge in [0.2, 0.25) is 0 Å². The third-order valence-corrected chi connectivity index (χ3v) is 4.28. The number of ether oxygens (including phenoxy) is 3. The highest BCUT2D eigenvalue weighted by molar-refractivity contribution is 5.81. The monoisotopic (exact) mass is 311 g/mol. The highest BCUT2D eigenvalue weighted by Gasteiger charge is 2.40. The zero-order valence-corrected chi connectivity index (χ0v) is 12.7. The molecule has 2 heterocycles. The Morgan fingerprint density at radius 2 is 1.96 bits per heavy atom. The Labute approximate surface area is 133 Å². The van der Waals surface area contributed by atoms with Crippen LogP contribution in [0.4, 0.5) is 11.4 Å². The van der Waals surface area contributed by atoms with Crippen molar-refractivity contribution in [3.8, 4) is 11.5 Å². The maximum Gasteiger partial charge on any atom is 0.287 e. The third kappa shape index (κ3) is 2.06. The molecule has 2 atom stereocenters. The first-order valence-corrected chi connectivity index (χ1v) is 7.38. The van der Waals surface area contributed by atoms with E-state index in [4.69, 9.17) is 25.7 Å². The Morgan fingerprint density at radius 3 is 2.78 bits per heavy atom. The van der Waals surface area contributed by atoms with E-state index in [1.165, 1.54) is 0 Å². The van der Waals surface area contributed by atoms with Gasteiger partial charge in [0, 0.05) is 16.8 Å². The van der Waals surface area contributed by atoms with Crippen molar-refractivity contribution in [2.45, 2.75) is 12.0 Å². The molecular weight excluding hydrogens is 294 g/mol. The average Bonchev–Trinajstić information content (AvgIpc) is 2.98.